The zero-order chi connectivity index (χ0) is 48.2. The summed E-state index contributed by atoms with van der Waals surface area (Å²) >= 11 is 0. The van der Waals surface area contributed by atoms with E-state index in [1.165, 1.54) is 87.3 Å². The molecule has 0 N–H and O–H groups in total. The van der Waals surface area contributed by atoms with Gasteiger partial charge in [0.15, 0.2) is 0 Å². The van der Waals surface area contributed by atoms with Gasteiger partial charge in [0.05, 0.1) is 32.3 Å². The van der Waals surface area contributed by atoms with Gasteiger partial charge in [0.25, 0.3) is 0 Å². The second-order valence-electron chi connectivity index (χ2n) is 22.8. The first kappa shape index (κ1) is 47.1. The van der Waals surface area contributed by atoms with Gasteiger partial charge >= 0.3 is 0 Å². The van der Waals surface area contributed by atoms with Crippen LogP contribution in [0.2, 0.25) is 78.6 Å². The van der Waals surface area contributed by atoms with E-state index in [2.05, 4.69) is 282 Å². The van der Waals surface area contributed by atoms with Gasteiger partial charge in [0, 0.05) is 34.1 Å². The van der Waals surface area contributed by atoms with Gasteiger partial charge in [-0.2, -0.15) is 0 Å². The van der Waals surface area contributed by atoms with Gasteiger partial charge in [-0.1, -0.05) is 221 Å². The van der Waals surface area contributed by atoms with Crippen LogP contribution in [0.1, 0.15) is 0 Å². The van der Waals surface area contributed by atoms with Crippen molar-refractivity contribution >= 4 is 109 Å². The van der Waals surface area contributed by atoms with Crippen molar-refractivity contribution in [2.75, 3.05) is 9.80 Å². The molecule has 9 aromatic carbocycles. The van der Waals surface area contributed by atoms with Gasteiger partial charge in [-0.15, -0.1) is 0 Å². The van der Waals surface area contributed by atoms with Crippen molar-refractivity contribution in [1.82, 2.24) is 0 Å². The van der Waals surface area contributed by atoms with Crippen molar-refractivity contribution in [1.29, 1.82) is 0 Å². The van der Waals surface area contributed by atoms with Crippen molar-refractivity contribution in [3.63, 3.8) is 0 Å². The number of nitrogens with zero attached hydrogens (tertiary/aromatic N) is 2. The number of hydrogen-bond acceptors (Lipinski definition) is 2. The fourth-order valence-corrected chi connectivity index (χ4v) is 14.5. The molecule has 0 bridgehead atoms. The average Bonchev–Trinajstić information content (AvgIpc) is 3.31. The second kappa shape index (κ2) is 18.1. The van der Waals surface area contributed by atoms with Gasteiger partial charge < -0.3 is 9.80 Å². The molecule has 0 aliphatic rings. The third-order valence-electron chi connectivity index (χ3n) is 13.6. The molecule has 0 aliphatic carbocycles. The van der Waals surface area contributed by atoms with E-state index in [1.54, 1.807) is 0 Å². The molecule has 2 nitrogen and oxygen atoms in total. The fourth-order valence-electron chi connectivity index (χ4n) is 9.57. The third-order valence-corrected chi connectivity index (χ3v) is 21.7. The molecule has 0 fully saturated rings. The molecule has 0 saturated carbocycles. The monoisotopic (exact) mass is 952 g/mol. The summed E-state index contributed by atoms with van der Waals surface area (Å²) in [4.78, 5) is 4.93. The zero-order valence-electron chi connectivity index (χ0n) is 42.4. The summed E-state index contributed by atoms with van der Waals surface area (Å²) in [6, 6.07) is 73.5. The van der Waals surface area contributed by atoms with Crippen LogP contribution in [0.25, 0.3) is 43.8 Å². The van der Waals surface area contributed by atoms with Gasteiger partial charge in [-0.25, -0.2) is 0 Å². The Bertz CT molecular complexity index is 2900. The first-order valence-corrected chi connectivity index (χ1v) is 38.4. The number of benzene rings is 9. The van der Waals surface area contributed by atoms with Crippen LogP contribution in [-0.2, 0) is 0 Å². The van der Waals surface area contributed by atoms with E-state index in [4.69, 9.17) is 0 Å². The maximum absolute atomic E-state index is 2.53. The summed E-state index contributed by atoms with van der Waals surface area (Å²) in [6.45, 7) is 29.6. The molecule has 6 heteroatoms. The van der Waals surface area contributed by atoms with Crippen molar-refractivity contribution < 1.29 is 0 Å². The SMILES string of the molecule is C[Si](C)(C)c1cc(N(c2ccccc2)c2ccc(-c3c4ccccc4c(-c4ccc(N(c5ccccc5)c5cc([Si](C)(C)C)cc([Si](C)(C)C)c5)cc4)c4ccccc34)cc2)cc([Si](C)(C)C)c1. The highest BCUT2D eigenvalue weighted by molar-refractivity contribution is 6.92. The van der Waals surface area contributed by atoms with Crippen molar-refractivity contribution in [2.45, 2.75) is 78.6 Å². The molecule has 0 unspecified atom stereocenters. The minimum absolute atomic E-state index is 1.16. The van der Waals surface area contributed by atoms with Crippen molar-refractivity contribution in [3.05, 3.63) is 194 Å². The van der Waals surface area contributed by atoms with Crippen LogP contribution in [0.4, 0.5) is 34.1 Å². The molecule has 0 atom stereocenters. The van der Waals surface area contributed by atoms with E-state index in [9.17, 15) is 0 Å². The minimum atomic E-state index is -1.61. The molecule has 68 heavy (non-hydrogen) atoms. The maximum atomic E-state index is 2.53. The standard InChI is InChI=1S/C62H68N2Si4/c1-65(2,3)53-39-51(40-54(43-53)66(4,5)6)63(47-23-15-13-16-24-47)49-35-31-45(32-36-49)61-57-27-19-21-29-59(57)62(60-30-22-20-28-58(60)61)46-33-37-50(38-34-46)64(48-25-17-14-18-26-48)52-41-55(67(7,8)9)44-56(42-52)68(10,11)12/h13-44H,1-12H3. The molecule has 0 amide bonds. The van der Waals surface area contributed by atoms with Crippen LogP contribution >= 0.6 is 0 Å². The number of fused-ring (bicyclic) bond motifs is 2. The maximum Gasteiger partial charge on any atom is 0.0776 e. The Kier molecular flexibility index (Phi) is 12.5. The van der Waals surface area contributed by atoms with Gasteiger partial charge in [0.2, 0.25) is 0 Å². The van der Waals surface area contributed by atoms with Gasteiger partial charge in [0.1, 0.15) is 0 Å². The Morgan fingerprint density at radius 3 is 0.721 bits per heavy atom. The summed E-state index contributed by atoms with van der Waals surface area (Å²) < 4.78 is 0. The molecule has 0 saturated heterocycles. The van der Waals surface area contributed by atoms with Crippen molar-refractivity contribution in [3.8, 4) is 22.3 Å². The van der Waals surface area contributed by atoms with Crippen LogP contribution in [0.5, 0.6) is 0 Å². The van der Waals surface area contributed by atoms with E-state index >= 15 is 0 Å². The molecular weight excluding hydrogens is 885 g/mol. The Hall–Kier alpha value is -6.03. The van der Waals surface area contributed by atoms with Crippen LogP contribution in [0.3, 0.4) is 0 Å². The number of anilines is 6. The Morgan fingerprint density at radius 2 is 0.471 bits per heavy atom. The summed E-state index contributed by atoms with van der Waals surface area (Å²) in [7, 11) is -6.45. The van der Waals surface area contributed by atoms with E-state index in [0.717, 1.165) is 11.4 Å². The molecular formula is C62H68N2Si4. The highest BCUT2D eigenvalue weighted by atomic mass is 28.3. The zero-order valence-corrected chi connectivity index (χ0v) is 46.4. The Labute approximate surface area is 411 Å². The average molecular weight is 954 g/mol. The van der Waals surface area contributed by atoms with Gasteiger partial charge in [-0.05, 0) is 117 Å². The lowest BCUT2D eigenvalue weighted by Crippen LogP contribution is -2.45. The van der Waals surface area contributed by atoms with E-state index in [1.807, 2.05) is 0 Å². The van der Waals surface area contributed by atoms with E-state index < -0.39 is 32.3 Å². The highest BCUT2D eigenvalue weighted by Crippen LogP contribution is 2.45. The summed E-state index contributed by atoms with van der Waals surface area (Å²) in [5.41, 5.74) is 12.1. The Balaban J connectivity index is 1.16. The lowest BCUT2D eigenvalue weighted by atomic mass is 9.86. The number of para-hydroxylation sites is 2. The molecule has 0 radical (unpaired) electrons. The lowest BCUT2D eigenvalue weighted by molar-refractivity contribution is 1.29. The molecule has 9 rings (SSSR count). The van der Waals surface area contributed by atoms with E-state index in [0.29, 0.717) is 0 Å². The number of rotatable bonds is 12. The van der Waals surface area contributed by atoms with Crippen LogP contribution in [0, 0.1) is 0 Å². The predicted molar refractivity (Wildman–Crippen MR) is 314 cm³/mol. The smallest absolute Gasteiger partial charge is 0.0776 e. The molecule has 342 valence electrons. The molecule has 0 spiro atoms. The quantitative estimate of drug-likeness (QED) is 0.0889. The highest BCUT2D eigenvalue weighted by Gasteiger charge is 2.28. The second-order valence-corrected chi connectivity index (χ2v) is 43.1. The van der Waals surface area contributed by atoms with Crippen LogP contribution in [-0.4, -0.2) is 32.3 Å². The molecule has 0 aromatic heterocycles. The lowest BCUT2D eigenvalue weighted by Gasteiger charge is -2.30. The van der Waals surface area contributed by atoms with Crippen molar-refractivity contribution in [2.24, 2.45) is 0 Å². The van der Waals surface area contributed by atoms with Gasteiger partial charge in [-0.3, -0.25) is 0 Å². The first-order chi connectivity index (χ1) is 32.3. The summed E-state index contributed by atoms with van der Waals surface area (Å²) in [6.07, 6.45) is 0. The topological polar surface area (TPSA) is 6.48 Å². The molecule has 0 heterocycles. The largest absolute Gasteiger partial charge is 0.311 e. The fraction of sp³-hybridized carbons (Fsp3) is 0.194. The predicted octanol–water partition coefficient (Wildman–Crippen LogP) is 16.4. The normalized spacial score (nSPS) is 12.4. The van der Waals surface area contributed by atoms with Crippen LogP contribution < -0.4 is 30.5 Å². The molecule has 0 aliphatic heterocycles. The Morgan fingerprint density at radius 1 is 0.235 bits per heavy atom. The summed E-state index contributed by atoms with van der Waals surface area (Å²) in [5, 5.41) is 11.1. The first-order valence-electron chi connectivity index (χ1n) is 24.4. The minimum Gasteiger partial charge on any atom is -0.311 e. The van der Waals surface area contributed by atoms with E-state index in [-0.39, 0.29) is 0 Å². The number of hydrogen-bond donors (Lipinski definition) is 0. The summed E-state index contributed by atoms with van der Waals surface area (Å²) in [5.74, 6) is 0. The third kappa shape index (κ3) is 9.52. The van der Waals surface area contributed by atoms with Crippen LogP contribution in [0.15, 0.2) is 194 Å². The molecule has 9 aromatic rings.